The zero-order valence-corrected chi connectivity index (χ0v) is 13.0. The summed E-state index contributed by atoms with van der Waals surface area (Å²) < 4.78 is 1.74. The van der Waals surface area contributed by atoms with E-state index in [2.05, 4.69) is 5.10 Å². The number of amides is 1. The van der Waals surface area contributed by atoms with Crippen molar-refractivity contribution in [2.24, 2.45) is 0 Å². The molecular weight excluding hydrogens is 294 g/mol. The third kappa shape index (κ3) is 2.84. The maximum absolute atomic E-state index is 12.5. The minimum atomic E-state index is -1.08. The summed E-state index contributed by atoms with van der Waals surface area (Å²) in [6.07, 6.45) is 5.00. The van der Waals surface area contributed by atoms with E-state index in [1.54, 1.807) is 17.8 Å². The molecule has 0 saturated carbocycles. The Labute approximate surface area is 134 Å². The van der Waals surface area contributed by atoms with Crippen molar-refractivity contribution >= 4 is 11.9 Å². The number of hydrogen-bond acceptors (Lipinski definition) is 3. The summed E-state index contributed by atoms with van der Waals surface area (Å²) >= 11 is 0. The first-order valence-electron chi connectivity index (χ1n) is 7.63. The van der Waals surface area contributed by atoms with Gasteiger partial charge in [0.2, 0.25) is 5.91 Å². The van der Waals surface area contributed by atoms with Crippen LogP contribution in [-0.4, -0.2) is 43.7 Å². The highest BCUT2D eigenvalue weighted by molar-refractivity contribution is 5.88. The molecule has 1 fully saturated rings. The fourth-order valence-corrected chi connectivity index (χ4v) is 3.04. The second-order valence-corrected chi connectivity index (χ2v) is 6.02. The van der Waals surface area contributed by atoms with Crippen molar-refractivity contribution in [3.63, 3.8) is 0 Å². The molecule has 1 aromatic heterocycles. The van der Waals surface area contributed by atoms with E-state index >= 15 is 0 Å². The van der Waals surface area contributed by atoms with E-state index in [1.807, 2.05) is 36.5 Å². The lowest BCUT2D eigenvalue weighted by Crippen LogP contribution is -2.51. The van der Waals surface area contributed by atoms with Crippen molar-refractivity contribution in [1.82, 2.24) is 14.7 Å². The third-order valence-corrected chi connectivity index (χ3v) is 4.46. The van der Waals surface area contributed by atoms with Gasteiger partial charge in [0.25, 0.3) is 0 Å². The Balaban J connectivity index is 1.72. The van der Waals surface area contributed by atoms with Gasteiger partial charge in [-0.25, -0.2) is 9.48 Å². The van der Waals surface area contributed by atoms with Gasteiger partial charge in [0.15, 0.2) is 0 Å². The van der Waals surface area contributed by atoms with Crippen molar-refractivity contribution in [2.45, 2.75) is 31.7 Å². The van der Waals surface area contributed by atoms with Crippen molar-refractivity contribution in [2.75, 3.05) is 6.54 Å². The molecule has 6 heteroatoms. The maximum Gasteiger partial charge on any atom is 0.329 e. The Morgan fingerprint density at radius 1 is 1.30 bits per heavy atom. The fourth-order valence-electron chi connectivity index (χ4n) is 3.04. The van der Waals surface area contributed by atoms with Crippen molar-refractivity contribution < 1.29 is 14.7 Å². The number of likely N-dealkylation sites (tertiary alicyclic amines) is 1. The van der Waals surface area contributed by atoms with Gasteiger partial charge in [0.1, 0.15) is 5.54 Å². The highest BCUT2D eigenvalue weighted by atomic mass is 16.4. The Morgan fingerprint density at radius 3 is 2.65 bits per heavy atom. The Bertz CT molecular complexity index is 709. The number of nitrogens with zero attached hydrogens (tertiary/aromatic N) is 3. The first-order chi connectivity index (χ1) is 11.0. The monoisotopic (exact) mass is 313 g/mol. The molecule has 1 aliphatic rings. The van der Waals surface area contributed by atoms with Crippen LogP contribution in [0.5, 0.6) is 0 Å². The predicted molar refractivity (Wildman–Crippen MR) is 84.3 cm³/mol. The number of aromatic nitrogens is 2. The number of carbonyl (C=O) groups is 2. The average Bonchev–Trinajstić information content (AvgIpc) is 3.18. The van der Waals surface area contributed by atoms with Gasteiger partial charge in [-0.3, -0.25) is 4.79 Å². The van der Waals surface area contributed by atoms with E-state index in [9.17, 15) is 14.7 Å². The van der Waals surface area contributed by atoms with Crippen LogP contribution in [-0.2, 0) is 16.0 Å². The summed E-state index contributed by atoms with van der Waals surface area (Å²) in [6, 6.07) is 9.40. The van der Waals surface area contributed by atoms with E-state index in [0.29, 0.717) is 13.0 Å². The van der Waals surface area contributed by atoms with Crippen molar-refractivity contribution in [3.8, 4) is 5.69 Å². The van der Waals surface area contributed by atoms with E-state index in [4.69, 9.17) is 0 Å². The SMILES string of the molecule is CC1(C(=O)O)CCCN1C(=O)Cc1ccc(-n2cccn2)cc1. The number of carboxylic acid groups (broad SMARTS) is 1. The van der Waals surface area contributed by atoms with Crippen molar-refractivity contribution in [1.29, 1.82) is 0 Å². The number of benzene rings is 1. The molecule has 0 aliphatic carbocycles. The summed E-state index contributed by atoms with van der Waals surface area (Å²) in [5.74, 6) is -1.07. The molecule has 1 aliphatic heterocycles. The van der Waals surface area contributed by atoms with E-state index < -0.39 is 11.5 Å². The number of carbonyl (C=O) groups excluding carboxylic acids is 1. The molecule has 1 N–H and O–H groups in total. The summed E-state index contributed by atoms with van der Waals surface area (Å²) in [4.78, 5) is 25.5. The normalized spacial score (nSPS) is 20.7. The van der Waals surface area contributed by atoms with Crippen LogP contribution < -0.4 is 0 Å². The smallest absolute Gasteiger partial charge is 0.329 e. The van der Waals surface area contributed by atoms with E-state index in [-0.39, 0.29) is 12.3 Å². The second kappa shape index (κ2) is 5.87. The summed E-state index contributed by atoms with van der Waals surface area (Å²) in [5.41, 5.74) is 0.708. The maximum atomic E-state index is 12.5. The van der Waals surface area contributed by atoms with Crippen LogP contribution in [0.15, 0.2) is 42.7 Å². The number of aliphatic carboxylic acids is 1. The van der Waals surface area contributed by atoms with Crippen LogP contribution in [0, 0.1) is 0 Å². The molecule has 1 amide bonds. The Kier molecular flexibility index (Phi) is 3.90. The number of rotatable bonds is 4. The molecule has 0 bridgehead atoms. The fraction of sp³-hybridized carbons (Fsp3) is 0.353. The Morgan fingerprint density at radius 2 is 2.04 bits per heavy atom. The van der Waals surface area contributed by atoms with Gasteiger partial charge in [-0.15, -0.1) is 0 Å². The van der Waals surface area contributed by atoms with Gasteiger partial charge < -0.3 is 10.0 Å². The quantitative estimate of drug-likeness (QED) is 0.935. The number of hydrogen-bond donors (Lipinski definition) is 1. The third-order valence-electron chi connectivity index (χ3n) is 4.46. The lowest BCUT2D eigenvalue weighted by atomic mass is 9.98. The van der Waals surface area contributed by atoms with Gasteiger partial charge in [-0.2, -0.15) is 5.10 Å². The Hall–Kier alpha value is -2.63. The average molecular weight is 313 g/mol. The lowest BCUT2D eigenvalue weighted by molar-refractivity contribution is -0.155. The minimum absolute atomic E-state index is 0.140. The van der Waals surface area contributed by atoms with Gasteiger partial charge in [-0.1, -0.05) is 12.1 Å². The van der Waals surface area contributed by atoms with Crippen LogP contribution >= 0.6 is 0 Å². The predicted octanol–water partition coefficient (Wildman–Crippen LogP) is 1.88. The first-order valence-corrected chi connectivity index (χ1v) is 7.63. The zero-order chi connectivity index (χ0) is 16.4. The molecule has 120 valence electrons. The van der Waals surface area contributed by atoms with Gasteiger partial charge in [0.05, 0.1) is 12.1 Å². The summed E-state index contributed by atoms with van der Waals surface area (Å²) in [5, 5.41) is 13.6. The summed E-state index contributed by atoms with van der Waals surface area (Å²) in [6.45, 7) is 2.13. The van der Waals surface area contributed by atoms with E-state index in [0.717, 1.165) is 17.7 Å². The van der Waals surface area contributed by atoms with Gasteiger partial charge >= 0.3 is 5.97 Å². The molecule has 0 spiro atoms. The zero-order valence-electron chi connectivity index (χ0n) is 13.0. The highest BCUT2D eigenvalue weighted by Gasteiger charge is 2.45. The lowest BCUT2D eigenvalue weighted by Gasteiger charge is -2.31. The largest absolute Gasteiger partial charge is 0.480 e. The summed E-state index contributed by atoms with van der Waals surface area (Å²) in [7, 11) is 0. The molecule has 1 saturated heterocycles. The topological polar surface area (TPSA) is 75.4 Å². The van der Waals surface area contributed by atoms with Crippen LogP contribution in [0.25, 0.3) is 5.69 Å². The first kappa shape index (κ1) is 15.3. The molecule has 1 aromatic carbocycles. The molecule has 2 heterocycles. The van der Waals surface area contributed by atoms with Gasteiger partial charge in [0, 0.05) is 18.9 Å². The molecular formula is C17H19N3O3. The second-order valence-electron chi connectivity index (χ2n) is 6.02. The molecule has 3 rings (SSSR count). The molecule has 1 atom stereocenters. The molecule has 23 heavy (non-hydrogen) atoms. The molecule has 0 radical (unpaired) electrons. The molecule has 2 aromatic rings. The van der Waals surface area contributed by atoms with Crippen LogP contribution in [0.4, 0.5) is 0 Å². The van der Waals surface area contributed by atoms with Crippen LogP contribution in [0.1, 0.15) is 25.3 Å². The molecule has 6 nitrogen and oxygen atoms in total. The molecule has 1 unspecified atom stereocenters. The minimum Gasteiger partial charge on any atom is -0.480 e. The van der Waals surface area contributed by atoms with Crippen molar-refractivity contribution in [3.05, 3.63) is 48.3 Å². The number of carboxylic acids is 1. The van der Waals surface area contributed by atoms with Crippen LogP contribution in [0.3, 0.4) is 0 Å². The highest BCUT2D eigenvalue weighted by Crippen LogP contribution is 2.29. The van der Waals surface area contributed by atoms with E-state index in [1.165, 1.54) is 4.90 Å². The van der Waals surface area contributed by atoms with Crippen LogP contribution in [0.2, 0.25) is 0 Å². The standard InChI is InChI=1S/C17H19N3O3/c1-17(16(22)23)8-2-10-19(17)15(21)12-13-4-6-14(7-5-13)20-11-3-9-18-20/h3-7,9,11H,2,8,10,12H2,1H3,(H,22,23). The van der Waals surface area contributed by atoms with Gasteiger partial charge in [-0.05, 0) is 43.5 Å².